The average molecular weight is 361 g/mol. The van der Waals surface area contributed by atoms with Crippen LogP contribution in [0, 0.1) is 0 Å². The first-order valence-corrected chi connectivity index (χ1v) is 9.77. The van der Waals surface area contributed by atoms with E-state index in [1.54, 1.807) is 0 Å². The number of hydroxylamine groups is 4. The number of nitrogens with zero attached hydrogens (tertiary/aromatic N) is 2. The van der Waals surface area contributed by atoms with Crippen LogP contribution in [0.2, 0.25) is 0 Å². The summed E-state index contributed by atoms with van der Waals surface area (Å²) in [5.74, 6) is -1.70. The summed E-state index contributed by atoms with van der Waals surface area (Å²) in [6.45, 7) is 0. The molecule has 0 unspecified atom stereocenters. The van der Waals surface area contributed by atoms with E-state index in [1.165, 1.54) is 5.06 Å². The Morgan fingerprint density at radius 2 is 1.42 bits per heavy atom. The monoisotopic (exact) mass is 361 g/mol. The number of rotatable bonds is 2. The Bertz CT molecular complexity index is 643. The van der Waals surface area contributed by atoms with Gasteiger partial charge in [-0.05, 0) is 31.8 Å². The van der Waals surface area contributed by atoms with Crippen molar-refractivity contribution in [2.75, 3.05) is 0 Å². The van der Waals surface area contributed by atoms with E-state index in [-0.39, 0.29) is 12.8 Å². The molecule has 0 aromatic heterocycles. The summed E-state index contributed by atoms with van der Waals surface area (Å²) < 4.78 is 0. The molecule has 2 saturated carbocycles. The molecule has 0 aromatic rings. The van der Waals surface area contributed by atoms with Gasteiger partial charge in [-0.3, -0.25) is 9.59 Å². The van der Waals surface area contributed by atoms with Gasteiger partial charge in [-0.25, -0.2) is 4.79 Å². The van der Waals surface area contributed by atoms with Crippen LogP contribution in [0.25, 0.3) is 0 Å². The lowest BCUT2D eigenvalue weighted by Gasteiger charge is -2.45. The summed E-state index contributed by atoms with van der Waals surface area (Å²) in [4.78, 5) is 41.7. The highest BCUT2D eigenvalue weighted by molar-refractivity contribution is 6.03. The minimum Gasteiger partial charge on any atom is -0.325 e. The second-order valence-electron chi connectivity index (χ2n) is 8.07. The van der Waals surface area contributed by atoms with Gasteiger partial charge in [0.1, 0.15) is 0 Å². The third-order valence-electron chi connectivity index (χ3n) is 6.51. The van der Waals surface area contributed by atoms with Crippen molar-refractivity contribution in [3.63, 3.8) is 0 Å². The molecule has 0 N–H and O–H groups in total. The maximum absolute atomic E-state index is 13.4. The van der Waals surface area contributed by atoms with Crippen LogP contribution in [0.1, 0.15) is 77.0 Å². The van der Waals surface area contributed by atoms with Gasteiger partial charge in [-0.15, -0.1) is 15.3 Å². The second kappa shape index (κ2) is 6.46. The third-order valence-corrected chi connectivity index (χ3v) is 6.51. The van der Waals surface area contributed by atoms with E-state index in [4.69, 9.17) is 4.84 Å². The predicted molar refractivity (Wildman–Crippen MR) is 89.4 cm³/mol. The van der Waals surface area contributed by atoms with Crippen molar-refractivity contribution in [1.82, 2.24) is 10.1 Å². The molecule has 0 atom stereocenters. The molecule has 141 valence electrons. The Balaban J connectivity index is 1.66. The van der Waals surface area contributed by atoms with Gasteiger partial charge in [0.05, 0.1) is 16.7 Å². The van der Waals surface area contributed by atoms with Crippen molar-refractivity contribution in [3.05, 3.63) is 11.6 Å². The fraction of sp³-hybridized carbons (Fsp3) is 0.737. The predicted octanol–water partition coefficient (Wildman–Crippen LogP) is 2.59. The van der Waals surface area contributed by atoms with Crippen molar-refractivity contribution in [3.8, 4) is 0 Å². The first kappa shape index (κ1) is 17.7. The molecule has 3 fully saturated rings. The van der Waals surface area contributed by atoms with Crippen LogP contribution in [0.3, 0.4) is 0 Å². The fourth-order valence-corrected chi connectivity index (χ4v) is 5.16. The lowest BCUT2D eigenvalue weighted by atomic mass is 9.77. The zero-order valence-corrected chi connectivity index (χ0v) is 15.0. The second-order valence-corrected chi connectivity index (χ2v) is 8.07. The number of carbonyl (C=O) groups excluding carboxylic acids is 3. The molecule has 4 aliphatic rings. The molecule has 1 radical (unpaired) electrons. The molecule has 7 heteroatoms. The zero-order valence-electron chi connectivity index (χ0n) is 15.0. The molecular formula is C19H25N2O5. The Morgan fingerprint density at radius 1 is 0.885 bits per heavy atom. The number of hydrogen-bond donors (Lipinski definition) is 0. The van der Waals surface area contributed by atoms with Crippen molar-refractivity contribution in [2.45, 2.75) is 88.1 Å². The van der Waals surface area contributed by atoms with Gasteiger partial charge in [-0.2, -0.15) is 0 Å². The van der Waals surface area contributed by atoms with Crippen molar-refractivity contribution < 1.29 is 24.4 Å². The molecule has 26 heavy (non-hydrogen) atoms. The maximum Gasteiger partial charge on any atom is 0.361 e. The molecule has 2 aliphatic heterocycles. The first-order chi connectivity index (χ1) is 12.5. The Morgan fingerprint density at radius 3 is 2.00 bits per heavy atom. The Kier molecular flexibility index (Phi) is 4.39. The number of carbonyl (C=O) groups is 3. The first-order valence-electron chi connectivity index (χ1n) is 9.77. The minimum absolute atomic E-state index is 0.0634. The van der Waals surface area contributed by atoms with Crippen LogP contribution < -0.4 is 0 Å². The van der Waals surface area contributed by atoms with Gasteiger partial charge in [0.15, 0.2) is 0 Å². The van der Waals surface area contributed by atoms with Crippen molar-refractivity contribution in [1.29, 1.82) is 0 Å². The largest absolute Gasteiger partial charge is 0.361 e. The third kappa shape index (κ3) is 2.60. The Labute approximate surface area is 152 Å². The molecule has 2 amide bonds. The highest BCUT2D eigenvalue weighted by Gasteiger charge is 2.59. The summed E-state index contributed by atoms with van der Waals surface area (Å²) in [6.07, 6.45) is 10.6. The highest BCUT2D eigenvalue weighted by Crippen LogP contribution is 2.52. The lowest BCUT2D eigenvalue weighted by molar-refractivity contribution is -0.268. The van der Waals surface area contributed by atoms with E-state index in [0.717, 1.165) is 51.4 Å². The summed E-state index contributed by atoms with van der Waals surface area (Å²) in [5, 5.41) is 15.2. The molecule has 7 nitrogen and oxygen atoms in total. The van der Waals surface area contributed by atoms with Gasteiger partial charge < -0.3 is 4.84 Å². The highest BCUT2D eigenvalue weighted by atomic mass is 16.7. The number of hydrogen-bond acceptors (Lipinski definition) is 5. The van der Waals surface area contributed by atoms with Gasteiger partial charge in [0.25, 0.3) is 11.8 Å². The van der Waals surface area contributed by atoms with Crippen LogP contribution >= 0.6 is 0 Å². The lowest BCUT2D eigenvalue weighted by Crippen LogP contribution is -2.55. The molecule has 1 saturated heterocycles. The van der Waals surface area contributed by atoms with Crippen molar-refractivity contribution >= 4 is 17.8 Å². The normalized spacial score (nSPS) is 28.0. The van der Waals surface area contributed by atoms with Crippen LogP contribution in [0.5, 0.6) is 0 Å². The quantitative estimate of drug-likeness (QED) is 0.706. The molecule has 0 aromatic carbocycles. The molecule has 2 spiro atoms. The van der Waals surface area contributed by atoms with Crippen LogP contribution in [0.15, 0.2) is 11.6 Å². The smallest absolute Gasteiger partial charge is 0.325 e. The van der Waals surface area contributed by atoms with Crippen LogP contribution in [0.4, 0.5) is 0 Å². The van der Waals surface area contributed by atoms with Crippen LogP contribution in [-0.2, 0) is 24.4 Å². The Hall–Kier alpha value is -1.73. The molecule has 2 heterocycles. The van der Waals surface area contributed by atoms with Crippen LogP contribution in [-0.4, -0.2) is 39.0 Å². The van der Waals surface area contributed by atoms with Gasteiger partial charge in [-0.1, -0.05) is 38.5 Å². The SMILES string of the molecule is [O]N1C2(C=C(C(=O)ON3C(=O)CCC3=O)C13CCCCC3)CCCCC2. The molecule has 0 bridgehead atoms. The molecular weight excluding hydrogens is 336 g/mol. The summed E-state index contributed by atoms with van der Waals surface area (Å²) in [7, 11) is 0. The van der Waals surface area contributed by atoms with Gasteiger partial charge in [0.2, 0.25) is 0 Å². The standard InChI is InChI=1S/C19H25N2O5/c22-15-7-8-16(23)20(15)26-17(24)14-13-18(9-3-1-4-10-18)21(25)19(14)11-5-2-6-12-19/h13H,1-12H2. The topological polar surface area (TPSA) is 86.8 Å². The van der Waals surface area contributed by atoms with E-state index in [0.29, 0.717) is 23.5 Å². The van der Waals surface area contributed by atoms with E-state index >= 15 is 0 Å². The van der Waals surface area contributed by atoms with E-state index in [9.17, 15) is 19.6 Å². The summed E-state index contributed by atoms with van der Waals surface area (Å²) in [6, 6.07) is 0. The maximum atomic E-state index is 13.4. The minimum atomic E-state index is -0.863. The molecule has 4 rings (SSSR count). The van der Waals surface area contributed by atoms with E-state index in [1.807, 2.05) is 6.08 Å². The number of amides is 2. The summed E-state index contributed by atoms with van der Waals surface area (Å²) >= 11 is 0. The van der Waals surface area contributed by atoms with Gasteiger partial charge >= 0.3 is 5.97 Å². The summed E-state index contributed by atoms with van der Waals surface area (Å²) in [5.41, 5.74) is -1.14. The van der Waals surface area contributed by atoms with E-state index < -0.39 is 28.9 Å². The number of imide groups is 1. The van der Waals surface area contributed by atoms with Crippen molar-refractivity contribution in [2.24, 2.45) is 0 Å². The van der Waals surface area contributed by atoms with E-state index in [2.05, 4.69) is 0 Å². The fourth-order valence-electron chi connectivity index (χ4n) is 5.16. The van der Waals surface area contributed by atoms with Gasteiger partial charge in [0, 0.05) is 12.8 Å². The molecule has 2 aliphatic carbocycles. The average Bonchev–Trinajstić information content (AvgIpc) is 3.08. The zero-order chi connectivity index (χ0) is 18.4.